The normalized spacial score (nSPS) is 20.0. The lowest BCUT2D eigenvalue weighted by molar-refractivity contribution is -0.123. The molecule has 24 heteroatoms. The van der Waals surface area contributed by atoms with E-state index in [2.05, 4.69) is 55.2 Å². The molecule has 5 rings (SSSR count). The van der Waals surface area contributed by atoms with Crippen LogP contribution < -0.4 is 42.0 Å². The number of nitrogens with one attached hydrogen (secondary N) is 7. The summed E-state index contributed by atoms with van der Waals surface area (Å²) in [4.78, 5) is 62.8. The summed E-state index contributed by atoms with van der Waals surface area (Å²) in [6.07, 6.45) is 7.91. The zero-order chi connectivity index (χ0) is 50.3. The number of carbonyl (C=O) groups is 5. The second-order valence-electron chi connectivity index (χ2n) is 15.7. The Balaban J connectivity index is 0.988. The van der Waals surface area contributed by atoms with Crippen LogP contribution in [0, 0.1) is 30.2 Å². The second-order valence-corrected chi connectivity index (χ2v) is 19.5. The molecule has 7 N–H and O–H groups in total. The van der Waals surface area contributed by atoms with E-state index in [-0.39, 0.29) is 121 Å². The average Bonchev–Trinajstić information content (AvgIpc) is 3.71. The number of fused-ring (bicyclic) bond motifs is 1. The summed E-state index contributed by atoms with van der Waals surface area (Å²) in [5.74, 6) is 3.74. The van der Waals surface area contributed by atoms with Gasteiger partial charge in [-0.15, -0.1) is 53.1 Å². The van der Waals surface area contributed by atoms with E-state index in [0.717, 1.165) is 34.6 Å². The Kier molecular flexibility index (Phi) is 24.3. The number of hydrogen-bond donors (Lipinski definition) is 7. The van der Waals surface area contributed by atoms with Crippen molar-refractivity contribution in [1.82, 2.24) is 31.9 Å². The van der Waals surface area contributed by atoms with Gasteiger partial charge in [-0.3, -0.25) is 14.4 Å². The number of rotatable bonds is 29. The first-order valence-electron chi connectivity index (χ1n) is 22.4. The van der Waals surface area contributed by atoms with Crippen LogP contribution in [0.25, 0.3) is 0 Å². The number of amides is 7. The van der Waals surface area contributed by atoms with Crippen molar-refractivity contribution < 1.29 is 61.5 Å². The van der Waals surface area contributed by atoms with Crippen LogP contribution in [-0.4, -0.2) is 154 Å². The highest BCUT2D eigenvalue weighted by atomic mass is 35.5. The smallest absolute Gasteiger partial charge is 0.315 e. The molecule has 382 valence electrons. The molecule has 0 aliphatic carbocycles. The molecule has 0 bridgehead atoms. The molecule has 4 unspecified atom stereocenters. The lowest BCUT2D eigenvalue weighted by Gasteiger charge is -2.31. The predicted molar refractivity (Wildman–Crippen MR) is 263 cm³/mol. The first kappa shape index (κ1) is 56.2. The fourth-order valence-corrected chi connectivity index (χ4v) is 9.69. The summed E-state index contributed by atoms with van der Waals surface area (Å²) in [6.45, 7) is 6.04. The fraction of sp³-hybridized carbons (Fsp3) is 0.543. The Morgan fingerprint density at radius 3 is 1.87 bits per heavy atom. The molecule has 0 radical (unpaired) electrons. The zero-order valence-electron chi connectivity index (χ0n) is 38.6. The summed E-state index contributed by atoms with van der Waals surface area (Å²) in [5, 5.41) is 15.7. The SMILES string of the molecule is C#CCOCCOCCOC[C@@H](SC1NC(=O)NCC1Cl)C(=O)N[C@H](C)c1ccc(OC#CCOCCOCCOC[C@@H](SC2NC(=O)NCC2Cl)C(=O)N[C@H](C)c2ccc3c(c2)CC(=O)N3)cc1F. The Bertz CT molecular complexity index is 2190. The number of benzene rings is 2. The van der Waals surface area contributed by atoms with Crippen LogP contribution >= 0.6 is 46.7 Å². The van der Waals surface area contributed by atoms with Crippen molar-refractivity contribution >= 4 is 82.2 Å². The number of hydrogen-bond acceptors (Lipinski definition) is 14. The molecule has 2 saturated heterocycles. The van der Waals surface area contributed by atoms with E-state index in [4.69, 9.17) is 62.8 Å². The van der Waals surface area contributed by atoms with Crippen molar-refractivity contribution in [2.75, 3.05) is 97.7 Å². The first-order valence-corrected chi connectivity index (χ1v) is 25.1. The van der Waals surface area contributed by atoms with Gasteiger partial charge in [0.2, 0.25) is 17.7 Å². The van der Waals surface area contributed by atoms with E-state index in [0.29, 0.717) is 13.2 Å². The fourth-order valence-electron chi connectivity index (χ4n) is 6.73. The maximum Gasteiger partial charge on any atom is 0.315 e. The van der Waals surface area contributed by atoms with E-state index in [1.54, 1.807) is 6.92 Å². The third-order valence-electron chi connectivity index (χ3n) is 10.4. The highest BCUT2D eigenvalue weighted by molar-refractivity contribution is 8.01. The van der Waals surface area contributed by atoms with Crippen molar-refractivity contribution in [2.45, 2.75) is 64.4 Å². The Labute approximate surface area is 424 Å². The van der Waals surface area contributed by atoms with Crippen LogP contribution in [0.5, 0.6) is 5.75 Å². The van der Waals surface area contributed by atoms with Crippen molar-refractivity contribution in [1.29, 1.82) is 0 Å². The molecule has 8 atom stereocenters. The van der Waals surface area contributed by atoms with Gasteiger partial charge in [0.15, 0.2) is 0 Å². The zero-order valence-corrected chi connectivity index (χ0v) is 41.8. The topological polar surface area (TPSA) is 234 Å². The Morgan fingerprint density at radius 2 is 1.30 bits per heavy atom. The molecule has 70 heavy (non-hydrogen) atoms. The van der Waals surface area contributed by atoms with E-state index >= 15 is 4.39 Å². The van der Waals surface area contributed by atoms with Gasteiger partial charge < -0.3 is 70.4 Å². The number of anilines is 1. The number of halogens is 3. The highest BCUT2D eigenvalue weighted by Crippen LogP contribution is 2.29. The molecule has 3 aliphatic rings. The molecule has 0 spiro atoms. The number of thioether (sulfide) groups is 2. The van der Waals surface area contributed by atoms with E-state index < -0.39 is 55.8 Å². The number of terminal acetylenes is 1. The molecule has 2 fully saturated rings. The molecule has 3 aliphatic heterocycles. The van der Waals surface area contributed by atoms with Gasteiger partial charge in [0.05, 0.1) is 106 Å². The quantitative estimate of drug-likeness (QED) is 0.0353. The van der Waals surface area contributed by atoms with Gasteiger partial charge >= 0.3 is 12.1 Å². The summed E-state index contributed by atoms with van der Waals surface area (Å²) in [6, 6.07) is 7.82. The predicted octanol–water partition coefficient (Wildman–Crippen LogP) is 3.14. The van der Waals surface area contributed by atoms with Gasteiger partial charge in [-0.2, -0.15) is 0 Å². The molecule has 0 saturated carbocycles. The van der Waals surface area contributed by atoms with E-state index in [1.165, 1.54) is 23.9 Å². The Hall–Kier alpha value is -4.72. The summed E-state index contributed by atoms with van der Waals surface area (Å²) in [7, 11) is 0. The number of urea groups is 2. The lowest BCUT2D eigenvalue weighted by Crippen LogP contribution is -2.55. The molecular weight excluding hydrogens is 997 g/mol. The summed E-state index contributed by atoms with van der Waals surface area (Å²) in [5.41, 5.74) is 2.67. The van der Waals surface area contributed by atoms with Crippen LogP contribution in [0.1, 0.15) is 42.6 Å². The van der Waals surface area contributed by atoms with E-state index in [1.807, 2.05) is 25.1 Å². The second kappa shape index (κ2) is 30.2. The first-order chi connectivity index (χ1) is 33.8. The monoisotopic (exact) mass is 1050 g/mol. The standard InChI is InChI=1S/C46H58Cl2FN7O12S2/c1-4-10-62-13-15-64-17-19-67-27-39(70-44-35(48)25-51-46(61)56-44)42(59)53-29(3)33-8-7-32(23-36(33)49)68-12-5-11-63-14-16-65-18-20-66-26-38(69-43-34(47)24-50-45(60)55-43)41(58)52-28(2)30-6-9-37-31(21-30)22-40(57)54-37/h1,6-9,21,23,28-29,34-35,38-39,43-44H,10-11,13-20,22,24-27H2,2-3H3,(H,52,58)(H,53,59)(H,54,57)(H2,50,55,60)(H2,51,56,61)/t28-,29-,34?,35?,38-,39-,43?,44?/m1/s1. The van der Waals surface area contributed by atoms with Crippen LogP contribution in [0.15, 0.2) is 36.4 Å². The molecule has 2 aromatic carbocycles. The van der Waals surface area contributed by atoms with Crippen LogP contribution in [-0.2, 0) is 49.2 Å². The highest BCUT2D eigenvalue weighted by Gasteiger charge is 2.35. The third kappa shape index (κ3) is 19.1. The minimum Gasteiger partial charge on any atom is -0.407 e. The number of carbonyl (C=O) groups excluding carboxylic acids is 5. The Morgan fingerprint density at radius 1 is 0.757 bits per heavy atom. The molecular formula is C46H58Cl2FN7O12S2. The van der Waals surface area contributed by atoms with Gasteiger partial charge in [0.1, 0.15) is 41.4 Å². The third-order valence-corrected chi connectivity index (χ3v) is 14.3. The van der Waals surface area contributed by atoms with Gasteiger partial charge in [0, 0.05) is 30.4 Å². The van der Waals surface area contributed by atoms with Crippen molar-refractivity contribution in [3.05, 3.63) is 58.9 Å². The van der Waals surface area contributed by atoms with E-state index in [9.17, 15) is 24.0 Å². The number of ether oxygens (including phenoxy) is 7. The van der Waals surface area contributed by atoms with Crippen LogP contribution in [0.4, 0.5) is 19.7 Å². The lowest BCUT2D eigenvalue weighted by atomic mass is 10.0. The van der Waals surface area contributed by atoms with Crippen LogP contribution in [0.2, 0.25) is 0 Å². The average molecular weight is 1060 g/mol. The summed E-state index contributed by atoms with van der Waals surface area (Å²) < 4.78 is 53.9. The molecule has 0 aromatic heterocycles. The number of alkyl halides is 2. The maximum absolute atomic E-state index is 15.3. The molecule has 2 aromatic rings. The van der Waals surface area contributed by atoms with Gasteiger partial charge in [-0.1, -0.05) is 24.1 Å². The van der Waals surface area contributed by atoms with Crippen molar-refractivity contribution in [3.8, 4) is 30.1 Å². The minimum atomic E-state index is -0.812. The minimum absolute atomic E-state index is 0.00867. The molecule has 7 amide bonds. The molecule has 3 heterocycles. The van der Waals surface area contributed by atoms with Gasteiger partial charge in [-0.25, -0.2) is 14.0 Å². The maximum atomic E-state index is 15.3. The molecule has 19 nitrogen and oxygen atoms in total. The van der Waals surface area contributed by atoms with Gasteiger partial charge in [0.25, 0.3) is 0 Å². The largest absolute Gasteiger partial charge is 0.407 e. The van der Waals surface area contributed by atoms with Gasteiger partial charge in [-0.05, 0) is 43.0 Å². The van der Waals surface area contributed by atoms with Crippen molar-refractivity contribution in [2.24, 2.45) is 0 Å². The van der Waals surface area contributed by atoms with Crippen molar-refractivity contribution in [3.63, 3.8) is 0 Å². The summed E-state index contributed by atoms with van der Waals surface area (Å²) >= 11 is 15.2. The van der Waals surface area contributed by atoms with Crippen LogP contribution in [0.3, 0.4) is 0 Å².